The summed E-state index contributed by atoms with van der Waals surface area (Å²) in [5.74, 6) is 1.04. The molecule has 0 aliphatic carbocycles. The highest BCUT2D eigenvalue weighted by Crippen LogP contribution is 2.26. The average molecular weight is 412 g/mol. The zero-order chi connectivity index (χ0) is 22.0. The van der Waals surface area contributed by atoms with E-state index in [-0.39, 0.29) is 5.91 Å². The van der Waals surface area contributed by atoms with Gasteiger partial charge in [0.25, 0.3) is 5.91 Å². The molecule has 0 atom stereocenters. The Morgan fingerprint density at radius 1 is 1.06 bits per heavy atom. The Morgan fingerprint density at radius 2 is 1.81 bits per heavy atom. The summed E-state index contributed by atoms with van der Waals surface area (Å²) in [4.78, 5) is 17.3. The van der Waals surface area contributed by atoms with Crippen molar-refractivity contribution in [3.05, 3.63) is 88.9 Å². The Morgan fingerprint density at radius 3 is 2.48 bits per heavy atom. The Hall–Kier alpha value is -3.93. The molecule has 0 radical (unpaired) electrons. The standard InChI is InChI=1S/C25H24N4O2/c1-16-9-10-24(26-14-16)29-17(2)11-21(18(29)3)15-27-28-25(30)22-12-19-7-5-6-8-20(19)13-23(22)31-4/h5-15H,1-4H3,(H,28,30). The van der Waals surface area contributed by atoms with Crippen LogP contribution in [0.15, 0.2) is 65.9 Å². The number of methoxy groups -OCH3 is 1. The predicted octanol–water partition coefficient (Wildman–Crippen LogP) is 4.72. The van der Waals surface area contributed by atoms with E-state index < -0.39 is 0 Å². The third-order valence-corrected chi connectivity index (χ3v) is 5.28. The number of fused-ring (bicyclic) bond motifs is 1. The summed E-state index contributed by atoms with van der Waals surface area (Å²) >= 11 is 0. The second-order valence-electron chi connectivity index (χ2n) is 7.45. The third-order valence-electron chi connectivity index (χ3n) is 5.28. The molecule has 0 unspecified atom stereocenters. The van der Waals surface area contributed by atoms with Gasteiger partial charge in [0.2, 0.25) is 0 Å². The van der Waals surface area contributed by atoms with Crippen molar-refractivity contribution in [2.75, 3.05) is 7.11 Å². The third kappa shape index (κ3) is 4.05. The zero-order valence-corrected chi connectivity index (χ0v) is 18.0. The van der Waals surface area contributed by atoms with E-state index in [1.807, 2.05) is 81.6 Å². The summed E-state index contributed by atoms with van der Waals surface area (Å²) in [5, 5.41) is 6.16. The molecule has 0 aliphatic heterocycles. The lowest BCUT2D eigenvalue weighted by Crippen LogP contribution is -2.18. The first-order valence-corrected chi connectivity index (χ1v) is 10.00. The monoisotopic (exact) mass is 412 g/mol. The Labute approximate surface area is 181 Å². The lowest BCUT2D eigenvalue weighted by Gasteiger charge is -2.09. The van der Waals surface area contributed by atoms with Gasteiger partial charge in [-0.25, -0.2) is 10.4 Å². The van der Waals surface area contributed by atoms with Crippen molar-refractivity contribution >= 4 is 22.9 Å². The summed E-state index contributed by atoms with van der Waals surface area (Å²) in [5.41, 5.74) is 7.11. The van der Waals surface area contributed by atoms with Crippen LogP contribution in [0.25, 0.3) is 16.6 Å². The number of aromatic nitrogens is 2. The first-order chi connectivity index (χ1) is 15.0. The molecule has 0 fully saturated rings. The quantitative estimate of drug-likeness (QED) is 0.381. The van der Waals surface area contributed by atoms with E-state index in [4.69, 9.17) is 4.74 Å². The number of amides is 1. The van der Waals surface area contributed by atoms with Gasteiger partial charge in [-0.15, -0.1) is 0 Å². The highest BCUT2D eigenvalue weighted by atomic mass is 16.5. The van der Waals surface area contributed by atoms with Gasteiger partial charge in [-0.1, -0.05) is 30.3 Å². The van der Waals surface area contributed by atoms with E-state index in [0.29, 0.717) is 11.3 Å². The van der Waals surface area contributed by atoms with Gasteiger partial charge in [0.15, 0.2) is 0 Å². The zero-order valence-electron chi connectivity index (χ0n) is 18.0. The highest BCUT2D eigenvalue weighted by molar-refractivity contribution is 6.02. The lowest BCUT2D eigenvalue weighted by molar-refractivity contribution is 0.0952. The number of nitrogens with zero attached hydrogens (tertiary/aromatic N) is 3. The fourth-order valence-corrected chi connectivity index (χ4v) is 3.65. The van der Waals surface area contributed by atoms with Crippen molar-refractivity contribution in [1.29, 1.82) is 0 Å². The van der Waals surface area contributed by atoms with Gasteiger partial charge < -0.3 is 9.30 Å². The van der Waals surface area contributed by atoms with Crippen LogP contribution in [0.2, 0.25) is 0 Å². The van der Waals surface area contributed by atoms with Crippen LogP contribution < -0.4 is 10.2 Å². The molecular weight excluding hydrogens is 388 g/mol. The van der Waals surface area contributed by atoms with Crippen LogP contribution in [0.4, 0.5) is 0 Å². The van der Waals surface area contributed by atoms with Crippen LogP contribution >= 0.6 is 0 Å². The number of hydrazone groups is 1. The van der Waals surface area contributed by atoms with Gasteiger partial charge in [0.05, 0.1) is 18.9 Å². The molecule has 0 bridgehead atoms. The van der Waals surface area contributed by atoms with Crippen LogP contribution in [0, 0.1) is 20.8 Å². The Balaban J connectivity index is 1.57. The second-order valence-corrected chi connectivity index (χ2v) is 7.45. The van der Waals surface area contributed by atoms with E-state index in [0.717, 1.165) is 39.1 Å². The number of aryl methyl sites for hydroxylation is 2. The van der Waals surface area contributed by atoms with E-state index in [1.165, 1.54) is 0 Å². The minimum absolute atomic E-state index is 0.326. The molecule has 156 valence electrons. The SMILES string of the molecule is COc1cc2ccccc2cc1C(=O)NN=Cc1cc(C)n(-c2ccc(C)cn2)c1C. The Bertz CT molecular complexity index is 1290. The maximum atomic E-state index is 12.7. The van der Waals surface area contributed by atoms with E-state index >= 15 is 0 Å². The summed E-state index contributed by atoms with van der Waals surface area (Å²) < 4.78 is 7.48. The topological polar surface area (TPSA) is 68.5 Å². The van der Waals surface area contributed by atoms with Gasteiger partial charge in [0.1, 0.15) is 11.6 Å². The summed E-state index contributed by atoms with van der Waals surface area (Å²) in [6, 6.07) is 17.5. The minimum atomic E-state index is -0.326. The first-order valence-electron chi connectivity index (χ1n) is 10.00. The number of benzene rings is 2. The maximum absolute atomic E-state index is 12.7. The molecule has 4 rings (SSSR count). The van der Waals surface area contributed by atoms with Crippen LogP contribution in [0.3, 0.4) is 0 Å². The molecule has 2 aromatic carbocycles. The smallest absolute Gasteiger partial charge is 0.275 e. The number of nitrogens with one attached hydrogen (secondary N) is 1. The predicted molar refractivity (Wildman–Crippen MR) is 123 cm³/mol. The molecule has 31 heavy (non-hydrogen) atoms. The number of rotatable bonds is 5. The summed E-state index contributed by atoms with van der Waals surface area (Å²) in [6.07, 6.45) is 3.50. The van der Waals surface area contributed by atoms with Crippen LogP contribution in [-0.2, 0) is 0 Å². The fraction of sp³-hybridized carbons (Fsp3) is 0.160. The van der Waals surface area contributed by atoms with Crippen molar-refractivity contribution < 1.29 is 9.53 Å². The number of hydrogen-bond donors (Lipinski definition) is 1. The molecule has 0 saturated carbocycles. The summed E-state index contributed by atoms with van der Waals surface area (Å²) in [7, 11) is 1.55. The largest absolute Gasteiger partial charge is 0.496 e. The molecule has 0 spiro atoms. The fourth-order valence-electron chi connectivity index (χ4n) is 3.65. The van der Waals surface area contributed by atoms with Gasteiger partial charge in [0, 0.05) is 23.1 Å². The van der Waals surface area contributed by atoms with Gasteiger partial charge in [-0.2, -0.15) is 5.10 Å². The second kappa shape index (κ2) is 8.44. The molecular formula is C25H24N4O2. The number of pyridine rings is 1. The van der Waals surface area contributed by atoms with Crippen molar-refractivity contribution in [2.45, 2.75) is 20.8 Å². The first kappa shape index (κ1) is 20.3. The van der Waals surface area contributed by atoms with Gasteiger partial charge in [-0.05, 0) is 61.4 Å². The summed E-state index contributed by atoms with van der Waals surface area (Å²) in [6.45, 7) is 6.03. The number of carbonyl (C=O) groups is 1. The maximum Gasteiger partial charge on any atom is 0.275 e. The lowest BCUT2D eigenvalue weighted by atomic mass is 10.1. The molecule has 6 nitrogen and oxygen atoms in total. The van der Waals surface area contributed by atoms with Crippen molar-refractivity contribution in [2.24, 2.45) is 5.10 Å². The molecule has 2 aromatic heterocycles. The van der Waals surface area contributed by atoms with Crippen LogP contribution in [0.5, 0.6) is 5.75 Å². The van der Waals surface area contributed by atoms with Gasteiger partial charge >= 0.3 is 0 Å². The van der Waals surface area contributed by atoms with Crippen LogP contribution in [-0.4, -0.2) is 28.8 Å². The normalized spacial score (nSPS) is 11.2. The van der Waals surface area contributed by atoms with Crippen LogP contribution in [0.1, 0.15) is 32.9 Å². The van der Waals surface area contributed by atoms with E-state index in [9.17, 15) is 4.79 Å². The van der Waals surface area contributed by atoms with E-state index in [2.05, 4.69) is 20.1 Å². The minimum Gasteiger partial charge on any atom is -0.496 e. The van der Waals surface area contributed by atoms with Crippen molar-refractivity contribution in [3.8, 4) is 11.6 Å². The van der Waals surface area contributed by atoms with Crippen molar-refractivity contribution in [3.63, 3.8) is 0 Å². The highest BCUT2D eigenvalue weighted by Gasteiger charge is 2.14. The molecule has 1 N–H and O–H groups in total. The number of ether oxygens (including phenoxy) is 1. The molecule has 4 aromatic rings. The van der Waals surface area contributed by atoms with Crippen molar-refractivity contribution in [1.82, 2.24) is 15.0 Å². The number of carbonyl (C=O) groups excluding carboxylic acids is 1. The number of hydrogen-bond acceptors (Lipinski definition) is 4. The molecule has 0 saturated heterocycles. The average Bonchev–Trinajstić information content (AvgIpc) is 3.06. The van der Waals surface area contributed by atoms with Gasteiger partial charge in [-0.3, -0.25) is 4.79 Å². The molecule has 2 heterocycles. The Kier molecular flexibility index (Phi) is 5.54. The molecule has 0 aliphatic rings. The molecule has 1 amide bonds. The molecule has 6 heteroatoms. The van der Waals surface area contributed by atoms with E-state index in [1.54, 1.807) is 13.3 Å².